The molecule has 28 heavy (non-hydrogen) atoms. The molecule has 0 aliphatic carbocycles. The number of nitrogens with zero attached hydrogens (tertiary/aromatic N) is 4. The second kappa shape index (κ2) is 9.43. The number of aryl methyl sites for hydroxylation is 1. The molecule has 0 spiro atoms. The summed E-state index contributed by atoms with van der Waals surface area (Å²) in [6.45, 7) is 5.52. The molecule has 0 fully saturated rings. The Morgan fingerprint density at radius 1 is 1.25 bits per heavy atom. The van der Waals surface area contributed by atoms with Gasteiger partial charge < -0.3 is 15.0 Å². The van der Waals surface area contributed by atoms with Crippen molar-refractivity contribution in [3.8, 4) is 11.3 Å². The van der Waals surface area contributed by atoms with Gasteiger partial charge in [0.1, 0.15) is 0 Å². The molecule has 0 bridgehead atoms. The number of fused-ring (bicyclic) bond motifs is 1. The average Bonchev–Trinajstić information content (AvgIpc) is 3.15. The lowest BCUT2D eigenvalue weighted by Gasteiger charge is -2.16. The van der Waals surface area contributed by atoms with E-state index in [0.29, 0.717) is 25.3 Å². The molecule has 0 unspecified atom stereocenters. The fourth-order valence-corrected chi connectivity index (χ4v) is 3.04. The van der Waals surface area contributed by atoms with Gasteiger partial charge in [-0.2, -0.15) is 5.10 Å². The lowest BCUT2D eigenvalue weighted by molar-refractivity contribution is 0.0949. The van der Waals surface area contributed by atoms with E-state index < -0.39 is 0 Å². The Morgan fingerprint density at radius 2 is 2.04 bits per heavy atom. The summed E-state index contributed by atoms with van der Waals surface area (Å²) >= 11 is 0. The number of methoxy groups -OCH3 is 1. The molecule has 1 aromatic carbocycles. The summed E-state index contributed by atoms with van der Waals surface area (Å²) in [5.41, 5.74) is 3.07. The van der Waals surface area contributed by atoms with Gasteiger partial charge in [-0.3, -0.25) is 4.79 Å². The molecular weight excluding hydrogens is 354 g/mol. The van der Waals surface area contributed by atoms with Gasteiger partial charge in [-0.25, -0.2) is 9.67 Å². The fourth-order valence-electron chi connectivity index (χ4n) is 3.04. The van der Waals surface area contributed by atoms with E-state index in [0.717, 1.165) is 35.4 Å². The number of rotatable bonds is 9. The van der Waals surface area contributed by atoms with Crippen LogP contribution in [0.2, 0.25) is 0 Å². The van der Waals surface area contributed by atoms with Gasteiger partial charge in [-0.15, -0.1) is 0 Å². The van der Waals surface area contributed by atoms with Gasteiger partial charge in [-0.1, -0.05) is 30.3 Å². The smallest absolute Gasteiger partial charge is 0.252 e. The molecule has 0 aliphatic rings. The van der Waals surface area contributed by atoms with Gasteiger partial charge in [-0.05, 0) is 20.0 Å². The molecule has 1 amide bonds. The minimum absolute atomic E-state index is 0.111. The summed E-state index contributed by atoms with van der Waals surface area (Å²) in [4.78, 5) is 19.8. The maximum absolute atomic E-state index is 12.9. The summed E-state index contributed by atoms with van der Waals surface area (Å²) in [5, 5.41) is 8.17. The molecule has 148 valence electrons. The Balaban J connectivity index is 1.85. The molecule has 3 rings (SSSR count). The standard InChI is InChI=1S/C21H27N5O2/c1-4-26-20-18(15-23-26)17(14-19(24-20)16-8-6-5-7-9-16)21(27)22-10-11-25(2)12-13-28-3/h5-9,14-15H,4,10-13H2,1-3H3,(H,22,27). The number of carbonyl (C=O) groups is 1. The van der Waals surface area contributed by atoms with Crippen LogP contribution in [0.5, 0.6) is 0 Å². The zero-order valence-electron chi connectivity index (χ0n) is 16.7. The van der Waals surface area contributed by atoms with Gasteiger partial charge in [0.15, 0.2) is 5.65 Å². The summed E-state index contributed by atoms with van der Waals surface area (Å²) in [7, 11) is 3.69. The highest BCUT2D eigenvalue weighted by Gasteiger charge is 2.17. The SMILES string of the molecule is CCn1ncc2c(C(=O)NCCN(C)CCOC)cc(-c3ccccc3)nc21. The third-order valence-corrected chi connectivity index (χ3v) is 4.68. The molecule has 2 aromatic heterocycles. The van der Waals surface area contributed by atoms with Crippen LogP contribution in [-0.2, 0) is 11.3 Å². The number of hydrogen-bond donors (Lipinski definition) is 1. The number of amides is 1. The second-order valence-corrected chi connectivity index (χ2v) is 6.67. The lowest BCUT2D eigenvalue weighted by Crippen LogP contribution is -2.34. The quantitative estimate of drug-likeness (QED) is 0.616. The molecule has 0 saturated heterocycles. The summed E-state index contributed by atoms with van der Waals surface area (Å²) < 4.78 is 6.90. The van der Waals surface area contributed by atoms with Crippen molar-refractivity contribution >= 4 is 16.9 Å². The number of carbonyl (C=O) groups excluding carboxylic acids is 1. The number of aromatic nitrogens is 3. The van der Waals surface area contributed by atoms with Crippen LogP contribution >= 0.6 is 0 Å². The van der Waals surface area contributed by atoms with Crippen molar-refractivity contribution in [3.05, 3.63) is 48.2 Å². The zero-order chi connectivity index (χ0) is 19.9. The Morgan fingerprint density at radius 3 is 2.75 bits per heavy atom. The number of benzene rings is 1. The topological polar surface area (TPSA) is 72.3 Å². The van der Waals surface area contributed by atoms with Crippen LogP contribution in [0.25, 0.3) is 22.3 Å². The first-order valence-corrected chi connectivity index (χ1v) is 9.51. The Kier molecular flexibility index (Phi) is 6.73. The monoisotopic (exact) mass is 381 g/mol. The Bertz CT molecular complexity index is 923. The molecule has 0 atom stereocenters. The highest BCUT2D eigenvalue weighted by atomic mass is 16.5. The molecule has 7 nitrogen and oxygen atoms in total. The molecule has 7 heteroatoms. The van der Waals surface area contributed by atoms with Crippen molar-refractivity contribution in [2.75, 3.05) is 40.4 Å². The van der Waals surface area contributed by atoms with Gasteiger partial charge in [0.2, 0.25) is 0 Å². The normalized spacial score (nSPS) is 11.3. The second-order valence-electron chi connectivity index (χ2n) is 6.67. The number of likely N-dealkylation sites (N-methyl/N-ethyl adjacent to an activating group) is 1. The number of hydrogen-bond acceptors (Lipinski definition) is 5. The largest absolute Gasteiger partial charge is 0.383 e. The van der Waals surface area contributed by atoms with Crippen molar-refractivity contribution in [2.45, 2.75) is 13.5 Å². The van der Waals surface area contributed by atoms with E-state index >= 15 is 0 Å². The minimum Gasteiger partial charge on any atom is -0.383 e. The predicted molar refractivity (Wildman–Crippen MR) is 110 cm³/mol. The van der Waals surface area contributed by atoms with Gasteiger partial charge in [0.25, 0.3) is 5.91 Å². The van der Waals surface area contributed by atoms with E-state index in [1.807, 2.05) is 55.1 Å². The summed E-state index contributed by atoms with van der Waals surface area (Å²) in [6, 6.07) is 11.7. The van der Waals surface area contributed by atoms with E-state index in [4.69, 9.17) is 9.72 Å². The van der Waals surface area contributed by atoms with Gasteiger partial charge >= 0.3 is 0 Å². The first-order chi connectivity index (χ1) is 13.6. The summed E-state index contributed by atoms with van der Waals surface area (Å²) in [5.74, 6) is -0.111. The Labute approximate surface area is 165 Å². The van der Waals surface area contributed by atoms with E-state index in [-0.39, 0.29) is 5.91 Å². The van der Waals surface area contributed by atoms with E-state index in [1.54, 1.807) is 13.3 Å². The van der Waals surface area contributed by atoms with Crippen LogP contribution in [0.3, 0.4) is 0 Å². The first-order valence-electron chi connectivity index (χ1n) is 9.51. The predicted octanol–water partition coefficient (Wildman–Crippen LogP) is 2.43. The Hall–Kier alpha value is -2.77. The molecule has 0 saturated carbocycles. The highest BCUT2D eigenvalue weighted by Crippen LogP contribution is 2.24. The van der Waals surface area contributed by atoms with Gasteiger partial charge in [0.05, 0.1) is 29.4 Å². The molecule has 0 aliphatic heterocycles. The van der Waals surface area contributed by atoms with Crippen LogP contribution < -0.4 is 5.32 Å². The summed E-state index contributed by atoms with van der Waals surface area (Å²) in [6.07, 6.45) is 1.72. The molecule has 3 aromatic rings. The number of pyridine rings is 1. The van der Waals surface area contributed by atoms with Crippen molar-refractivity contribution in [3.63, 3.8) is 0 Å². The molecule has 0 radical (unpaired) electrons. The maximum Gasteiger partial charge on any atom is 0.252 e. The number of ether oxygens (including phenoxy) is 1. The molecule has 2 heterocycles. The minimum atomic E-state index is -0.111. The first kappa shape index (κ1) is 20.0. The highest BCUT2D eigenvalue weighted by molar-refractivity contribution is 6.06. The van der Waals surface area contributed by atoms with Crippen LogP contribution in [-0.4, -0.2) is 66.0 Å². The van der Waals surface area contributed by atoms with Gasteiger partial charge in [0, 0.05) is 38.9 Å². The fraction of sp³-hybridized carbons (Fsp3) is 0.381. The average molecular weight is 381 g/mol. The third kappa shape index (κ3) is 4.55. The number of nitrogens with one attached hydrogen (secondary N) is 1. The van der Waals surface area contributed by atoms with Crippen molar-refractivity contribution in [2.24, 2.45) is 0 Å². The zero-order valence-corrected chi connectivity index (χ0v) is 16.7. The van der Waals surface area contributed by atoms with Crippen LogP contribution in [0.1, 0.15) is 17.3 Å². The van der Waals surface area contributed by atoms with Crippen LogP contribution in [0.15, 0.2) is 42.6 Å². The van der Waals surface area contributed by atoms with Crippen molar-refractivity contribution < 1.29 is 9.53 Å². The lowest BCUT2D eigenvalue weighted by atomic mass is 10.1. The third-order valence-electron chi connectivity index (χ3n) is 4.68. The van der Waals surface area contributed by atoms with E-state index in [1.165, 1.54) is 0 Å². The molecule has 1 N–H and O–H groups in total. The maximum atomic E-state index is 12.9. The van der Waals surface area contributed by atoms with E-state index in [2.05, 4.69) is 15.3 Å². The van der Waals surface area contributed by atoms with Crippen LogP contribution in [0.4, 0.5) is 0 Å². The van der Waals surface area contributed by atoms with Crippen molar-refractivity contribution in [1.29, 1.82) is 0 Å². The molecular formula is C21H27N5O2. The van der Waals surface area contributed by atoms with Crippen LogP contribution in [0, 0.1) is 0 Å². The van der Waals surface area contributed by atoms with E-state index in [9.17, 15) is 4.79 Å². The van der Waals surface area contributed by atoms with Crippen molar-refractivity contribution in [1.82, 2.24) is 25.0 Å².